The van der Waals surface area contributed by atoms with E-state index in [9.17, 15) is 4.89 Å². The van der Waals surface area contributed by atoms with Crippen LogP contribution in [0.5, 0.6) is 0 Å². The minimum absolute atomic E-state index is 0. The Bertz CT molecular complexity index is 197. The first-order chi connectivity index (χ1) is 9.52. The van der Waals surface area contributed by atoms with Crippen LogP contribution in [0.15, 0.2) is 0 Å². The van der Waals surface area contributed by atoms with E-state index in [2.05, 4.69) is 27.7 Å². The number of hydrogen-bond donors (Lipinski definition) is 1. The van der Waals surface area contributed by atoms with E-state index in [1.54, 1.807) is 0 Å². The molecule has 1 N–H and O–H groups in total. The zero-order chi connectivity index (χ0) is 15.2. The van der Waals surface area contributed by atoms with Gasteiger partial charge in [-0.3, -0.25) is 0 Å². The van der Waals surface area contributed by atoms with Gasteiger partial charge in [0.2, 0.25) is 0 Å². The molecule has 0 heterocycles. The van der Waals surface area contributed by atoms with E-state index in [0.29, 0.717) is 13.2 Å². The fraction of sp³-hybridized carbons (Fsp3) is 1.00. The van der Waals surface area contributed by atoms with Gasteiger partial charge in [-0.15, -0.1) is 37.2 Å². The number of unbranched alkanes of at least 4 members (excludes halogenated alkanes) is 4. The van der Waals surface area contributed by atoms with Gasteiger partial charge < -0.3 is 13.9 Å². The minimum atomic E-state index is -1.65. The van der Waals surface area contributed by atoms with Crippen molar-refractivity contribution in [2.24, 2.45) is 11.8 Å². The van der Waals surface area contributed by atoms with Crippen LogP contribution in [0, 0.1) is 52.7 Å². The average molecular weight is 560 g/mol. The molecule has 0 rings (SSSR count). The molecule has 24 heavy (non-hydrogen) atoms. The Kier molecular flexibility index (Phi) is 43.1. The van der Waals surface area contributed by atoms with Crippen molar-refractivity contribution >= 4 is 45.8 Å². The fourth-order valence-corrected chi connectivity index (χ4v) is 2.63. The van der Waals surface area contributed by atoms with Crippen LogP contribution in [-0.4, -0.2) is 18.1 Å². The van der Waals surface area contributed by atoms with Crippen LogP contribution in [0.3, 0.4) is 0 Å². The Morgan fingerprint density at radius 3 is 1.29 bits per heavy atom. The molecular weight excluding hydrogens is 522 g/mol. The summed E-state index contributed by atoms with van der Waals surface area (Å²) in [6.07, 6.45) is 9.45. The van der Waals surface area contributed by atoms with Crippen LogP contribution in [0.2, 0.25) is 0 Å². The third-order valence-corrected chi connectivity index (χ3v) is 4.06. The van der Waals surface area contributed by atoms with Crippen molar-refractivity contribution in [1.82, 2.24) is 0 Å². The Balaban J connectivity index is -0.000000301. The molecule has 0 aliphatic heterocycles. The molecule has 0 aromatic heterocycles. The molecule has 0 saturated heterocycles. The van der Waals surface area contributed by atoms with Crippen molar-refractivity contribution in [3.63, 3.8) is 0 Å². The molecule has 0 aliphatic carbocycles. The second kappa shape index (κ2) is 27.7. The molecule has 0 spiro atoms. The van der Waals surface area contributed by atoms with Gasteiger partial charge in [-0.1, -0.05) is 66.2 Å². The maximum atomic E-state index is 9.56. The molecule has 0 saturated carbocycles. The Labute approximate surface area is 202 Å². The van der Waals surface area contributed by atoms with Gasteiger partial charge in [-0.25, -0.2) is 0 Å². The zero-order valence-electron chi connectivity index (χ0n) is 15.7. The molecule has 0 atom stereocenters. The molecule has 3 nitrogen and oxygen atoms in total. The number of hydrogen-bond acceptors (Lipinski definition) is 3. The first-order valence-electron chi connectivity index (χ1n) is 8.27. The summed E-state index contributed by atoms with van der Waals surface area (Å²) in [5.74, 6) is 1.56. The van der Waals surface area contributed by atoms with E-state index in [1.165, 1.54) is 38.5 Å². The Hall–Kier alpha value is 2.53. The molecule has 8 heteroatoms. The maximum Gasteiger partial charge on any atom is 0.329 e. The van der Waals surface area contributed by atoms with Crippen molar-refractivity contribution in [1.29, 1.82) is 0 Å². The predicted molar refractivity (Wildman–Crippen MR) is 109 cm³/mol. The van der Waals surface area contributed by atoms with Gasteiger partial charge in [-0.2, -0.15) is 0 Å². The molecule has 0 fully saturated rings. The average Bonchev–Trinajstić information content (AvgIpc) is 2.37. The first-order valence-corrected chi connectivity index (χ1v) is 9.40. The van der Waals surface area contributed by atoms with E-state index in [0.717, 1.165) is 24.7 Å². The van der Waals surface area contributed by atoms with Gasteiger partial charge in [0.1, 0.15) is 0 Å². The van der Waals surface area contributed by atoms with E-state index >= 15 is 0 Å². The topological polar surface area (TPSA) is 38.7 Å². The number of rotatable bonds is 14. The number of halogens is 3. The van der Waals surface area contributed by atoms with E-state index < -0.39 is 8.60 Å². The smallest absolute Gasteiger partial charge is 0.328 e. The second-order valence-electron chi connectivity index (χ2n) is 6.39. The van der Waals surface area contributed by atoms with Crippen molar-refractivity contribution in [2.75, 3.05) is 13.2 Å². The molecule has 0 unspecified atom stereocenters. The summed E-state index contributed by atoms with van der Waals surface area (Å²) in [5, 5.41) is 0. The van der Waals surface area contributed by atoms with Crippen LogP contribution >= 0.6 is 45.8 Å². The second-order valence-corrected chi connectivity index (χ2v) is 7.38. The van der Waals surface area contributed by atoms with Gasteiger partial charge in [0, 0.05) is 40.8 Å². The van der Waals surface area contributed by atoms with Gasteiger partial charge >= 0.3 is 8.60 Å². The van der Waals surface area contributed by atoms with Crippen LogP contribution in [0.4, 0.5) is 0 Å². The van der Waals surface area contributed by atoms with Gasteiger partial charge in [0.05, 0.1) is 13.2 Å². The maximum absolute atomic E-state index is 9.56. The Morgan fingerprint density at radius 1 is 0.667 bits per heavy atom. The Morgan fingerprint density at radius 2 is 1.00 bits per heavy atom. The molecule has 0 aromatic carbocycles. The summed E-state index contributed by atoms with van der Waals surface area (Å²) in [6.45, 7) is 10.2. The summed E-state index contributed by atoms with van der Waals surface area (Å²) >= 11 is 0. The quantitative estimate of drug-likeness (QED) is 0.185. The molecule has 0 bridgehead atoms. The van der Waals surface area contributed by atoms with E-state index in [-0.39, 0.29) is 78.1 Å². The van der Waals surface area contributed by atoms with Gasteiger partial charge in [-0.05, 0) is 24.7 Å². The molecule has 0 aromatic rings. The summed E-state index contributed by atoms with van der Waals surface area (Å²) in [5.41, 5.74) is 0. The fourth-order valence-electron chi connectivity index (χ4n) is 1.99. The van der Waals surface area contributed by atoms with E-state index in [4.69, 9.17) is 9.05 Å². The SMILES string of the molecule is CC(C)CCCCCOP(O)OCCCCCC(C)C.Cl.Cl.Cl.[Nd]. The van der Waals surface area contributed by atoms with Crippen LogP contribution in [0.25, 0.3) is 0 Å². The van der Waals surface area contributed by atoms with Gasteiger partial charge in [0.15, 0.2) is 0 Å². The molecule has 0 radical (unpaired) electrons. The minimum Gasteiger partial charge on any atom is -0.328 e. The van der Waals surface area contributed by atoms with Crippen molar-refractivity contribution in [3.05, 3.63) is 0 Å². The van der Waals surface area contributed by atoms with Crippen LogP contribution in [0.1, 0.15) is 79.1 Å². The summed E-state index contributed by atoms with van der Waals surface area (Å²) in [6, 6.07) is 0. The monoisotopic (exact) mass is 556 g/mol. The third kappa shape index (κ3) is 32.2. The van der Waals surface area contributed by atoms with Crippen LogP contribution in [-0.2, 0) is 9.05 Å². The molecular formula is C16H38Cl3NdO3P. The third-order valence-electron chi connectivity index (χ3n) is 3.26. The zero-order valence-corrected chi connectivity index (χ0v) is 22.2. The molecule has 0 amide bonds. The first kappa shape index (κ1) is 37.3. The van der Waals surface area contributed by atoms with Crippen molar-refractivity contribution in [2.45, 2.75) is 79.1 Å². The van der Waals surface area contributed by atoms with Crippen molar-refractivity contribution < 1.29 is 54.8 Å². The normalized spacial score (nSPS) is 10.0. The summed E-state index contributed by atoms with van der Waals surface area (Å²) in [4.78, 5) is 9.56. The van der Waals surface area contributed by atoms with Crippen molar-refractivity contribution in [3.8, 4) is 0 Å². The standard InChI is InChI=1S/C16H35O3P.3ClH.Nd/c1-15(2)11-7-5-9-13-18-20(17)19-14-10-6-8-12-16(3)4;;;;/h15-17H,5-14H2,1-4H3;3*1H;. The van der Waals surface area contributed by atoms with E-state index in [1.807, 2.05) is 0 Å². The molecule has 0 aliphatic rings. The van der Waals surface area contributed by atoms with Crippen LogP contribution < -0.4 is 0 Å². The summed E-state index contributed by atoms with van der Waals surface area (Å²) in [7, 11) is -1.65. The predicted octanol–water partition coefficient (Wildman–Crippen LogP) is 6.94. The largest absolute Gasteiger partial charge is 0.329 e. The molecule has 150 valence electrons. The summed E-state index contributed by atoms with van der Waals surface area (Å²) < 4.78 is 10.6. The van der Waals surface area contributed by atoms with Gasteiger partial charge in [0.25, 0.3) is 0 Å².